The van der Waals surface area contributed by atoms with Crippen molar-refractivity contribution in [1.29, 1.82) is 0 Å². The van der Waals surface area contributed by atoms with Crippen LogP contribution < -0.4 is 4.74 Å². The first-order valence-corrected chi connectivity index (χ1v) is 12.2. The molecule has 0 radical (unpaired) electrons. The van der Waals surface area contributed by atoms with E-state index in [0.29, 0.717) is 5.75 Å². The van der Waals surface area contributed by atoms with Crippen molar-refractivity contribution in [2.75, 3.05) is 0 Å². The maximum Gasteiger partial charge on any atom is 0.339 e. The van der Waals surface area contributed by atoms with E-state index in [2.05, 4.69) is 0 Å². The highest BCUT2D eigenvalue weighted by atomic mass is 32.2. The van der Waals surface area contributed by atoms with Gasteiger partial charge in [0.15, 0.2) is 0 Å². The van der Waals surface area contributed by atoms with E-state index in [4.69, 9.17) is 4.74 Å². The summed E-state index contributed by atoms with van der Waals surface area (Å²) >= 11 is 0. The van der Waals surface area contributed by atoms with Crippen LogP contribution in [0.4, 0.5) is 0 Å². The first-order valence-electron chi connectivity index (χ1n) is 10.6. The van der Waals surface area contributed by atoms with E-state index in [0.717, 1.165) is 16.7 Å². The van der Waals surface area contributed by atoms with Gasteiger partial charge in [0.25, 0.3) is 0 Å². The van der Waals surface area contributed by atoms with E-state index in [-0.39, 0.29) is 22.6 Å². The van der Waals surface area contributed by atoms with Gasteiger partial charge in [-0.1, -0.05) is 56.7 Å². The molecule has 3 aromatic rings. The number of phenols is 1. The third-order valence-electron chi connectivity index (χ3n) is 5.82. The monoisotopic (exact) mass is 468 g/mol. The number of ether oxygens (including phenoxy) is 1. The molecule has 174 valence electrons. The number of aromatic hydroxyl groups is 1. The Morgan fingerprint density at radius 2 is 1.55 bits per heavy atom. The molecule has 2 N–H and O–H groups in total. The lowest BCUT2D eigenvalue weighted by atomic mass is 9.77. The molecule has 0 aliphatic heterocycles. The second-order valence-corrected chi connectivity index (χ2v) is 10.6. The maximum atomic E-state index is 13.0. The van der Waals surface area contributed by atoms with Crippen molar-refractivity contribution in [2.45, 2.75) is 49.9 Å². The third-order valence-corrected chi connectivity index (χ3v) is 7.87. The standard InChI is InChI=1S/C26H28O6S/c1-5-24(33(30,31)21-13-6-17(2)7-14-21)32-20-11-8-18(9-12-20)26(3,4)19-10-15-23(27)22(16-19)25(28)29/h6-16,24,27H,5H2,1-4H3,(H,28,29). The van der Waals surface area contributed by atoms with Crippen LogP contribution in [0.1, 0.15) is 54.2 Å². The van der Waals surface area contributed by atoms with E-state index in [1.807, 2.05) is 32.9 Å². The van der Waals surface area contributed by atoms with Gasteiger partial charge in [-0.05, 0) is 60.9 Å². The number of rotatable bonds is 8. The molecule has 6 nitrogen and oxygen atoms in total. The lowest BCUT2D eigenvalue weighted by molar-refractivity contribution is 0.0693. The van der Waals surface area contributed by atoms with Crippen molar-refractivity contribution in [3.8, 4) is 11.5 Å². The fraction of sp³-hybridized carbons (Fsp3) is 0.269. The number of benzene rings is 3. The summed E-state index contributed by atoms with van der Waals surface area (Å²) in [6.07, 6.45) is 0.287. The minimum atomic E-state index is -3.67. The lowest BCUT2D eigenvalue weighted by Gasteiger charge is -2.27. The number of carbonyl (C=O) groups is 1. The molecule has 0 amide bonds. The minimum Gasteiger partial charge on any atom is -0.507 e. The van der Waals surface area contributed by atoms with Crippen molar-refractivity contribution in [3.05, 3.63) is 89.0 Å². The number of aromatic carboxylic acids is 1. The van der Waals surface area contributed by atoms with Gasteiger partial charge in [-0.25, -0.2) is 13.2 Å². The molecule has 0 saturated heterocycles. The lowest BCUT2D eigenvalue weighted by Crippen LogP contribution is -2.27. The zero-order valence-electron chi connectivity index (χ0n) is 19.1. The van der Waals surface area contributed by atoms with Gasteiger partial charge in [0.2, 0.25) is 15.3 Å². The van der Waals surface area contributed by atoms with Crippen LogP contribution in [0, 0.1) is 6.92 Å². The summed E-state index contributed by atoms with van der Waals surface area (Å²) in [5.41, 5.74) is 0.840. The van der Waals surface area contributed by atoms with Crippen molar-refractivity contribution in [1.82, 2.24) is 0 Å². The van der Waals surface area contributed by atoms with Crippen LogP contribution >= 0.6 is 0 Å². The van der Waals surface area contributed by atoms with E-state index >= 15 is 0 Å². The summed E-state index contributed by atoms with van der Waals surface area (Å²) in [6.45, 7) is 7.54. The van der Waals surface area contributed by atoms with Gasteiger partial charge in [-0.15, -0.1) is 0 Å². The van der Waals surface area contributed by atoms with Gasteiger partial charge in [-0.3, -0.25) is 0 Å². The Morgan fingerprint density at radius 3 is 2.09 bits per heavy atom. The predicted octanol–water partition coefficient (Wildman–Crippen LogP) is 5.31. The number of carboxylic acid groups (broad SMARTS) is 1. The molecule has 7 heteroatoms. The summed E-state index contributed by atoms with van der Waals surface area (Å²) in [4.78, 5) is 11.6. The molecule has 0 spiro atoms. The number of carboxylic acids is 1. The molecule has 3 aromatic carbocycles. The van der Waals surface area contributed by atoms with E-state index in [1.165, 1.54) is 12.1 Å². The number of aryl methyl sites for hydroxylation is 1. The molecular formula is C26H28O6S. The molecule has 0 heterocycles. The molecule has 0 bridgehead atoms. The maximum absolute atomic E-state index is 13.0. The van der Waals surface area contributed by atoms with Crippen LogP contribution in [0.25, 0.3) is 0 Å². The second-order valence-electron chi connectivity index (χ2n) is 8.50. The van der Waals surface area contributed by atoms with Crippen molar-refractivity contribution in [3.63, 3.8) is 0 Å². The fourth-order valence-corrected chi connectivity index (χ4v) is 5.11. The third kappa shape index (κ3) is 5.03. The molecule has 3 rings (SSSR count). The Hall–Kier alpha value is -3.32. The predicted molar refractivity (Wildman–Crippen MR) is 127 cm³/mol. The summed E-state index contributed by atoms with van der Waals surface area (Å²) in [5, 5.41) is 19.1. The Labute approximate surface area is 194 Å². The number of sulfone groups is 1. The first-order chi connectivity index (χ1) is 15.5. The van der Waals surface area contributed by atoms with E-state index < -0.39 is 26.7 Å². The average molecular weight is 469 g/mol. The number of hydrogen-bond acceptors (Lipinski definition) is 5. The van der Waals surface area contributed by atoms with Gasteiger partial charge < -0.3 is 14.9 Å². The molecule has 33 heavy (non-hydrogen) atoms. The van der Waals surface area contributed by atoms with Gasteiger partial charge in [0.05, 0.1) is 4.90 Å². The van der Waals surface area contributed by atoms with Crippen LogP contribution in [0.15, 0.2) is 71.6 Å². The molecule has 0 saturated carbocycles. The molecular weight excluding hydrogens is 440 g/mol. The molecule has 0 aliphatic carbocycles. The smallest absolute Gasteiger partial charge is 0.339 e. The molecule has 1 unspecified atom stereocenters. The second kappa shape index (κ2) is 9.27. The van der Waals surface area contributed by atoms with Gasteiger partial charge in [0, 0.05) is 5.41 Å². The Bertz CT molecular complexity index is 1240. The minimum absolute atomic E-state index is 0.160. The highest BCUT2D eigenvalue weighted by molar-refractivity contribution is 7.92. The molecule has 0 aromatic heterocycles. The topological polar surface area (TPSA) is 101 Å². The Morgan fingerprint density at radius 1 is 0.970 bits per heavy atom. The van der Waals surface area contributed by atoms with Crippen molar-refractivity contribution in [2.24, 2.45) is 0 Å². The fourth-order valence-electron chi connectivity index (χ4n) is 3.61. The number of hydrogen-bond donors (Lipinski definition) is 2. The summed E-state index contributed by atoms with van der Waals surface area (Å²) in [7, 11) is -3.67. The highest BCUT2D eigenvalue weighted by Gasteiger charge is 2.29. The van der Waals surface area contributed by atoms with Crippen LogP contribution in [0.5, 0.6) is 11.5 Å². The molecule has 0 aliphatic rings. The SMILES string of the molecule is CCC(Oc1ccc(C(C)(C)c2ccc(O)c(C(=O)O)c2)cc1)S(=O)(=O)c1ccc(C)cc1. The first kappa shape index (κ1) is 24.3. The summed E-state index contributed by atoms with van der Waals surface area (Å²) < 4.78 is 31.9. The Kier molecular flexibility index (Phi) is 6.84. The van der Waals surface area contributed by atoms with E-state index in [1.54, 1.807) is 49.4 Å². The van der Waals surface area contributed by atoms with Crippen molar-refractivity contribution < 1.29 is 28.2 Å². The van der Waals surface area contributed by atoms with Crippen LogP contribution in [-0.4, -0.2) is 30.0 Å². The highest BCUT2D eigenvalue weighted by Crippen LogP contribution is 2.35. The zero-order valence-corrected chi connectivity index (χ0v) is 19.9. The average Bonchev–Trinajstić information content (AvgIpc) is 2.78. The quantitative estimate of drug-likeness (QED) is 0.464. The van der Waals surface area contributed by atoms with Gasteiger partial charge in [0.1, 0.15) is 17.1 Å². The Balaban J connectivity index is 1.85. The summed E-state index contributed by atoms with van der Waals surface area (Å²) in [6, 6.07) is 18.3. The van der Waals surface area contributed by atoms with Crippen LogP contribution in [0.3, 0.4) is 0 Å². The largest absolute Gasteiger partial charge is 0.507 e. The van der Waals surface area contributed by atoms with Crippen LogP contribution in [0.2, 0.25) is 0 Å². The van der Waals surface area contributed by atoms with Gasteiger partial charge >= 0.3 is 5.97 Å². The van der Waals surface area contributed by atoms with Gasteiger partial charge in [-0.2, -0.15) is 0 Å². The summed E-state index contributed by atoms with van der Waals surface area (Å²) in [5.74, 6) is -1.06. The van der Waals surface area contributed by atoms with Crippen molar-refractivity contribution >= 4 is 15.8 Å². The molecule has 1 atom stereocenters. The normalized spacial score (nSPS) is 12.8. The zero-order chi connectivity index (χ0) is 24.4. The molecule has 0 fully saturated rings. The van der Waals surface area contributed by atoms with Crippen LogP contribution in [-0.2, 0) is 15.3 Å². The van der Waals surface area contributed by atoms with E-state index in [9.17, 15) is 23.4 Å².